The zero-order chi connectivity index (χ0) is 14.9. The first-order chi connectivity index (χ1) is 9.43. The van der Waals surface area contributed by atoms with Crippen molar-refractivity contribution in [3.05, 3.63) is 28.5 Å². The lowest BCUT2D eigenvalue weighted by atomic mass is 10.2. The van der Waals surface area contributed by atoms with Crippen LogP contribution >= 0.6 is 15.9 Å². The van der Waals surface area contributed by atoms with Crippen molar-refractivity contribution < 1.29 is 14.0 Å². The Kier molecular flexibility index (Phi) is 4.42. The quantitative estimate of drug-likeness (QED) is 0.856. The first-order valence-corrected chi connectivity index (χ1v) is 7.30. The maximum absolute atomic E-state index is 13.7. The van der Waals surface area contributed by atoms with Gasteiger partial charge in [0.25, 0.3) is 5.91 Å². The van der Waals surface area contributed by atoms with E-state index in [0.717, 1.165) is 0 Å². The van der Waals surface area contributed by atoms with Crippen LogP contribution in [0.1, 0.15) is 26.7 Å². The molecular weight excluding hydrogens is 327 g/mol. The number of benzene rings is 1. The van der Waals surface area contributed by atoms with Gasteiger partial charge in [-0.2, -0.15) is 0 Å². The molecule has 20 heavy (non-hydrogen) atoms. The highest BCUT2D eigenvalue weighted by Crippen LogP contribution is 2.25. The maximum Gasteiger partial charge on any atom is 0.252 e. The summed E-state index contributed by atoms with van der Waals surface area (Å²) in [5, 5.41) is 2.82. The molecule has 1 saturated heterocycles. The van der Waals surface area contributed by atoms with E-state index in [1.165, 1.54) is 11.0 Å². The summed E-state index contributed by atoms with van der Waals surface area (Å²) in [4.78, 5) is 25.4. The molecule has 4 nitrogen and oxygen atoms in total. The van der Waals surface area contributed by atoms with Crippen molar-refractivity contribution in [1.29, 1.82) is 0 Å². The number of nitrogens with one attached hydrogen (secondary N) is 1. The molecule has 2 unspecified atom stereocenters. The van der Waals surface area contributed by atoms with Crippen LogP contribution in [0.15, 0.2) is 22.7 Å². The number of amides is 2. The number of nitrogens with zero attached hydrogens (tertiary/aromatic N) is 1. The van der Waals surface area contributed by atoms with Gasteiger partial charge in [-0.1, -0.05) is 22.9 Å². The topological polar surface area (TPSA) is 49.4 Å². The summed E-state index contributed by atoms with van der Waals surface area (Å²) in [5.74, 6) is -0.948. The van der Waals surface area contributed by atoms with E-state index in [0.29, 0.717) is 10.9 Å². The fourth-order valence-corrected chi connectivity index (χ4v) is 2.57. The number of carbonyl (C=O) groups is 2. The van der Waals surface area contributed by atoms with Crippen molar-refractivity contribution in [2.75, 3.05) is 5.32 Å². The Balaban J connectivity index is 2.17. The summed E-state index contributed by atoms with van der Waals surface area (Å²) in [6, 6.07) is 3.61. The smallest absolute Gasteiger partial charge is 0.252 e. The molecule has 1 aromatic carbocycles. The standard InChI is InChI=1S/C14H16BrFN2O2/c1-3-8(2)18-13(19)7-12(14(18)20)17-11-6-9(15)4-5-10(11)16/h4-6,8,12,17H,3,7H2,1-2H3. The number of hydrogen-bond donors (Lipinski definition) is 1. The Morgan fingerprint density at radius 1 is 1.50 bits per heavy atom. The Morgan fingerprint density at radius 2 is 2.20 bits per heavy atom. The molecule has 6 heteroatoms. The van der Waals surface area contributed by atoms with Gasteiger partial charge < -0.3 is 5.32 Å². The van der Waals surface area contributed by atoms with Crippen LogP contribution < -0.4 is 5.32 Å². The highest BCUT2D eigenvalue weighted by atomic mass is 79.9. The predicted octanol–water partition coefficient (Wildman–Crippen LogP) is 2.93. The second-order valence-corrected chi connectivity index (χ2v) is 5.80. The summed E-state index contributed by atoms with van der Waals surface area (Å²) < 4.78 is 14.4. The van der Waals surface area contributed by atoms with Gasteiger partial charge in [0.2, 0.25) is 5.91 Å². The Hall–Kier alpha value is -1.43. The van der Waals surface area contributed by atoms with E-state index in [1.807, 2.05) is 13.8 Å². The summed E-state index contributed by atoms with van der Waals surface area (Å²) in [6.45, 7) is 3.75. The van der Waals surface area contributed by atoms with Gasteiger partial charge in [0.15, 0.2) is 0 Å². The minimum atomic E-state index is -0.694. The molecule has 0 aromatic heterocycles. The average molecular weight is 343 g/mol. The lowest BCUT2D eigenvalue weighted by Gasteiger charge is -2.22. The second kappa shape index (κ2) is 5.91. The van der Waals surface area contributed by atoms with Gasteiger partial charge in [0.1, 0.15) is 11.9 Å². The SMILES string of the molecule is CCC(C)N1C(=O)CC(Nc2cc(Br)ccc2F)C1=O. The van der Waals surface area contributed by atoms with Crippen molar-refractivity contribution >= 4 is 33.4 Å². The van der Waals surface area contributed by atoms with Crippen LogP contribution in [0.25, 0.3) is 0 Å². The van der Waals surface area contributed by atoms with Gasteiger partial charge in [-0.05, 0) is 31.5 Å². The molecule has 0 bridgehead atoms. The normalized spacial score (nSPS) is 20.4. The minimum absolute atomic E-state index is 0.0646. The van der Waals surface area contributed by atoms with Crippen LogP contribution in [0.2, 0.25) is 0 Å². The number of likely N-dealkylation sites (tertiary alicyclic amines) is 1. The number of anilines is 1. The van der Waals surface area contributed by atoms with Crippen molar-refractivity contribution in [2.45, 2.75) is 38.8 Å². The number of carbonyl (C=O) groups excluding carboxylic acids is 2. The lowest BCUT2D eigenvalue weighted by molar-refractivity contribution is -0.140. The second-order valence-electron chi connectivity index (χ2n) is 4.88. The van der Waals surface area contributed by atoms with Crippen LogP contribution in [-0.2, 0) is 9.59 Å². The molecule has 1 aliphatic rings. The summed E-state index contributed by atoms with van der Waals surface area (Å²) >= 11 is 3.25. The summed E-state index contributed by atoms with van der Waals surface area (Å²) in [7, 11) is 0. The molecule has 0 aliphatic carbocycles. The van der Waals surface area contributed by atoms with E-state index in [4.69, 9.17) is 0 Å². The molecule has 1 aromatic rings. The van der Waals surface area contributed by atoms with Crippen molar-refractivity contribution in [3.63, 3.8) is 0 Å². The van der Waals surface area contributed by atoms with E-state index >= 15 is 0 Å². The lowest BCUT2D eigenvalue weighted by Crippen LogP contribution is -2.40. The number of imide groups is 1. The van der Waals surface area contributed by atoms with E-state index < -0.39 is 11.9 Å². The Bertz CT molecular complexity index is 550. The van der Waals surface area contributed by atoms with E-state index in [1.54, 1.807) is 12.1 Å². The van der Waals surface area contributed by atoms with Gasteiger partial charge in [-0.15, -0.1) is 0 Å². The number of hydrogen-bond acceptors (Lipinski definition) is 3. The van der Waals surface area contributed by atoms with E-state index in [9.17, 15) is 14.0 Å². The van der Waals surface area contributed by atoms with Crippen LogP contribution in [0.3, 0.4) is 0 Å². The number of rotatable bonds is 4. The minimum Gasteiger partial charge on any atom is -0.371 e. The molecule has 2 rings (SSSR count). The third kappa shape index (κ3) is 2.85. The van der Waals surface area contributed by atoms with Crippen LogP contribution in [-0.4, -0.2) is 28.8 Å². The molecule has 1 N–H and O–H groups in total. The Morgan fingerprint density at radius 3 is 2.85 bits per heavy atom. The first-order valence-electron chi connectivity index (χ1n) is 6.51. The highest BCUT2D eigenvalue weighted by Gasteiger charge is 2.40. The molecule has 108 valence electrons. The van der Waals surface area contributed by atoms with Crippen molar-refractivity contribution in [3.8, 4) is 0 Å². The number of halogens is 2. The van der Waals surface area contributed by atoms with Crippen molar-refractivity contribution in [2.24, 2.45) is 0 Å². The summed E-state index contributed by atoms with van der Waals surface area (Å²) in [6.07, 6.45) is 0.768. The average Bonchev–Trinajstić information content (AvgIpc) is 2.68. The monoisotopic (exact) mass is 342 g/mol. The molecule has 2 amide bonds. The molecule has 2 atom stereocenters. The van der Waals surface area contributed by atoms with Gasteiger partial charge >= 0.3 is 0 Å². The molecule has 0 saturated carbocycles. The van der Waals surface area contributed by atoms with Crippen LogP contribution in [0.5, 0.6) is 0 Å². The largest absolute Gasteiger partial charge is 0.371 e. The van der Waals surface area contributed by atoms with E-state index in [-0.39, 0.29) is 30.0 Å². The third-order valence-electron chi connectivity index (χ3n) is 3.47. The van der Waals surface area contributed by atoms with Gasteiger partial charge in [-0.25, -0.2) is 4.39 Å². The molecule has 1 fully saturated rings. The van der Waals surface area contributed by atoms with Gasteiger partial charge in [0, 0.05) is 10.5 Å². The van der Waals surface area contributed by atoms with Crippen LogP contribution in [0.4, 0.5) is 10.1 Å². The van der Waals surface area contributed by atoms with Crippen LogP contribution in [0, 0.1) is 5.82 Å². The summed E-state index contributed by atoms with van der Waals surface area (Å²) in [5.41, 5.74) is 0.219. The fraction of sp³-hybridized carbons (Fsp3) is 0.429. The fourth-order valence-electron chi connectivity index (χ4n) is 2.21. The molecule has 1 heterocycles. The first kappa shape index (κ1) is 15.0. The zero-order valence-electron chi connectivity index (χ0n) is 11.3. The molecular formula is C14H16BrFN2O2. The van der Waals surface area contributed by atoms with Crippen molar-refractivity contribution in [1.82, 2.24) is 4.90 Å². The van der Waals surface area contributed by atoms with E-state index in [2.05, 4.69) is 21.2 Å². The third-order valence-corrected chi connectivity index (χ3v) is 3.97. The van der Waals surface area contributed by atoms with Gasteiger partial charge in [0.05, 0.1) is 12.1 Å². The highest BCUT2D eigenvalue weighted by molar-refractivity contribution is 9.10. The maximum atomic E-state index is 13.7. The molecule has 1 aliphatic heterocycles. The predicted molar refractivity (Wildman–Crippen MR) is 77.7 cm³/mol. The molecule has 0 spiro atoms. The Labute approximate surface area is 125 Å². The van der Waals surface area contributed by atoms with Gasteiger partial charge in [-0.3, -0.25) is 14.5 Å². The molecule has 0 radical (unpaired) electrons. The zero-order valence-corrected chi connectivity index (χ0v) is 12.9.